The van der Waals surface area contributed by atoms with Gasteiger partial charge in [-0.05, 0) is 43.6 Å². The first kappa shape index (κ1) is 17.4. The molecule has 1 unspecified atom stereocenters. The Kier molecular flexibility index (Phi) is 5.15. The minimum Gasteiger partial charge on any atom is -0.432 e. The summed E-state index contributed by atoms with van der Waals surface area (Å²) in [4.78, 5) is 0. The molecule has 1 aromatic rings. The maximum atomic E-state index is 6.24. The van der Waals surface area contributed by atoms with E-state index in [0.717, 1.165) is 43.5 Å². The zero-order chi connectivity index (χ0) is 16.5. The standard InChI is InChI=1S/C17H26NO3PS/c1-4-17(5-2,19-3)16-11-8-12-18(16)22(23)20-13-14-9-6-7-10-15(14)21-22/h6-7,9-10,16H,4-5,8,11-13H2,1-3H3/t16-,22?/m0/s1. The van der Waals surface area contributed by atoms with Crippen LogP contribution in [0.2, 0.25) is 0 Å². The SMILES string of the molecule is CCC(CC)(OC)[C@@H]1CCCN1P1(=S)OCc2ccccc2O1. The van der Waals surface area contributed by atoms with E-state index in [0.29, 0.717) is 6.61 Å². The van der Waals surface area contributed by atoms with E-state index in [-0.39, 0.29) is 11.6 Å². The van der Waals surface area contributed by atoms with Gasteiger partial charge < -0.3 is 13.8 Å². The molecule has 6 heteroatoms. The molecule has 1 saturated heterocycles. The second kappa shape index (κ2) is 6.81. The monoisotopic (exact) mass is 355 g/mol. The molecule has 0 N–H and O–H groups in total. The molecule has 0 saturated carbocycles. The number of rotatable bonds is 5. The number of para-hydroxylation sites is 1. The highest BCUT2D eigenvalue weighted by molar-refractivity contribution is 8.09. The summed E-state index contributed by atoms with van der Waals surface area (Å²) in [6, 6.07) is 8.28. The zero-order valence-electron chi connectivity index (χ0n) is 14.2. The maximum Gasteiger partial charge on any atom is 0.316 e. The van der Waals surface area contributed by atoms with Gasteiger partial charge in [0, 0.05) is 25.3 Å². The van der Waals surface area contributed by atoms with Crippen LogP contribution in [-0.4, -0.2) is 30.0 Å². The largest absolute Gasteiger partial charge is 0.432 e. The highest BCUT2D eigenvalue weighted by atomic mass is 32.5. The van der Waals surface area contributed by atoms with Crippen molar-refractivity contribution in [3.05, 3.63) is 29.8 Å². The van der Waals surface area contributed by atoms with Gasteiger partial charge in [0.1, 0.15) is 5.75 Å². The van der Waals surface area contributed by atoms with Crippen LogP contribution in [0.4, 0.5) is 0 Å². The molecule has 0 aliphatic carbocycles. The van der Waals surface area contributed by atoms with Gasteiger partial charge in [0.15, 0.2) is 0 Å². The quantitative estimate of drug-likeness (QED) is 0.727. The van der Waals surface area contributed by atoms with Gasteiger partial charge in [0.25, 0.3) is 0 Å². The first-order valence-corrected chi connectivity index (χ1v) is 11.0. The van der Waals surface area contributed by atoms with Crippen molar-refractivity contribution in [2.45, 2.75) is 57.8 Å². The lowest BCUT2D eigenvalue weighted by Gasteiger charge is -2.45. The van der Waals surface area contributed by atoms with E-state index in [2.05, 4.69) is 18.5 Å². The fourth-order valence-corrected chi connectivity index (χ4v) is 6.94. The molecule has 3 rings (SSSR count). The average molecular weight is 355 g/mol. The lowest BCUT2D eigenvalue weighted by molar-refractivity contribution is -0.0612. The minimum atomic E-state index is -2.50. The summed E-state index contributed by atoms with van der Waals surface area (Å²) in [7, 11) is 1.82. The lowest BCUT2D eigenvalue weighted by Crippen LogP contribution is -2.50. The molecule has 2 heterocycles. The summed E-state index contributed by atoms with van der Waals surface area (Å²) in [6.07, 6.45) is 4.13. The van der Waals surface area contributed by atoms with Gasteiger partial charge >= 0.3 is 6.64 Å². The fraction of sp³-hybridized carbons (Fsp3) is 0.647. The molecule has 0 bridgehead atoms. The first-order chi connectivity index (χ1) is 11.1. The van der Waals surface area contributed by atoms with Crippen LogP contribution in [0, 0.1) is 0 Å². The summed E-state index contributed by atoms with van der Waals surface area (Å²) in [5.74, 6) is 0.878. The molecule has 2 aliphatic heterocycles. The van der Waals surface area contributed by atoms with Crippen molar-refractivity contribution in [2.24, 2.45) is 0 Å². The van der Waals surface area contributed by atoms with E-state index in [1.165, 1.54) is 0 Å². The van der Waals surface area contributed by atoms with E-state index in [1.54, 1.807) is 0 Å². The van der Waals surface area contributed by atoms with E-state index < -0.39 is 6.64 Å². The van der Waals surface area contributed by atoms with E-state index in [1.807, 2.05) is 31.4 Å². The van der Waals surface area contributed by atoms with Crippen molar-refractivity contribution in [1.29, 1.82) is 0 Å². The summed E-state index contributed by atoms with van der Waals surface area (Å²) < 4.78 is 20.6. The second-order valence-corrected chi connectivity index (χ2v) is 9.51. The molecule has 0 amide bonds. The summed E-state index contributed by atoms with van der Waals surface area (Å²) >= 11 is 5.92. The Balaban J connectivity index is 1.90. The molecule has 23 heavy (non-hydrogen) atoms. The third kappa shape index (κ3) is 2.98. The number of hydrogen-bond donors (Lipinski definition) is 0. The molecule has 0 spiro atoms. The molecule has 1 aromatic carbocycles. The summed E-state index contributed by atoms with van der Waals surface area (Å²) in [5.41, 5.74) is 0.902. The van der Waals surface area contributed by atoms with Crippen molar-refractivity contribution in [3.63, 3.8) is 0 Å². The minimum absolute atomic E-state index is 0.175. The number of fused-ring (bicyclic) bond motifs is 1. The van der Waals surface area contributed by atoms with Gasteiger partial charge in [-0.25, -0.2) is 4.67 Å². The Morgan fingerprint density at radius 2 is 2.09 bits per heavy atom. The van der Waals surface area contributed by atoms with Crippen molar-refractivity contribution in [1.82, 2.24) is 4.67 Å². The van der Waals surface area contributed by atoms with Crippen LogP contribution < -0.4 is 4.52 Å². The topological polar surface area (TPSA) is 30.9 Å². The van der Waals surface area contributed by atoms with Gasteiger partial charge in [-0.3, -0.25) is 0 Å². The number of methoxy groups -OCH3 is 1. The number of ether oxygens (including phenoxy) is 1. The Morgan fingerprint density at radius 1 is 1.35 bits per heavy atom. The normalized spacial score (nSPS) is 28.4. The van der Waals surface area contributed by atoms with Crippen molar-refractivity contribution >= 4 is 18.4 Å². The van der Waals surface area contributed by atoms with Crippen LogP contribution in [0.25, 0.3) is 0 Å². The van der Waals surface area contributed by atoms with Crippen LogP contribution in [-0.2, 0) is 27.7 Å². The molecular weight excluding hydrogens is 329 g/mol. The summed E-state index contributed by atoms with van der Waals surface area (Å²) in [5, 5.41) is 0. The van der Waals surface area contributed by atoms with Gasteiger partial charge in [0.2, 0.25) is 0 Å². The highest BCUT2D eigenvalue weighted by Crippen LogP contribution is 2.60. The van der Waals surface area contributed by atoms with E-state index >= 15 is 0 Å². The van der Waals surface area contributed by atoms with Gasteiger partial charge in [-0.1, -0.05) is 32.0 Å². The Labute approximate surface area is 144 Å². The van der Waals surface area contributed by atoms with Crippen LogP contribution in [0.15, 0.2) is 24.3 Å². The molecule has 1 fully saturated rings. The third-order valence-corrected chi connectivity index (χ3v) is 8.48. The van der Waals surface area contributed by atoms with Crippen molar-refractivity contribution in [2.75, 3.05) is 13.7 Å². The molecule has 128 valence electrons. The number of hydrogen-bond acceptors (Lipinski definition) is 4. The molecule has 4 nitrogen and oxygen atoms in total. The predicted molar refractivity (Wildman–Crippen MR) is 96.2 cm³/mol. The third-order valence-electron chi connectivity index (χ3n) is 5.32. The Morgan fingerprint density at radius 3 is 2.78 bits per heavy atom. The molecule has 0 aromatic heterocycles. The molecular formula is C17H26NO3PS. The van der Waals surface area contributed by atoms with Gasteiger partial charge in [0.05, 0.1) is 12.2 Å². The first-order valence-electron chi connectivity index (χ1n) is 8.43. The number of benzene rings is 1. The maximum absolute atomic E-state index is 6.24. The Bertz CT molecular complexity index is 597. The summed E-state index contributed by atoms with van der Waals surface area (Å²) in [6.45, 7) is 3.34. The van der Waals surface area contributed by atoms with Crippen molar-refractivity contribution in [3.8, 4) is 5.75 Å². The molecule has 0 radical (unpaired) electrons. The van der Waals surface area contributed by atoms with E-state index in [9.17, 15) is 0 Å². The number of nitrogens with zero attached hydrogens (tertiary/aromatic N) is 1. The zero-order valence-corrected chi connectivity index (χ0v) is 15.9. The predicted octanol–water partition coefficient (Wildman–Crippen LogP) is 4.49. The highest BCUT2D eigenvalue weighted by Gasteiger charge is 2.49. The van der Waals surface area contributed by atoms with Gasteiger partial charge in [-0.15, -0.1) is 0 Å². The average Bonchev–Trinajstić information content (AvgIpc) is 3.08. The molecule has 2 aliphatic rings. The van der Waals surface area contributed by atoms with Crippen molar-refractivity contribution < 1.29 is 13.8 Å². The fourth-order valence-electron chi connectivity index (χ4n) is 3.87. The van der Waals surface area contributed by atoms with Gasteiger partial charge in [-0.2, -0.15) is 0 Å². The van der Waals surface area contributed by atoms with Crippen LogP contribution in [0.5, 0.6) is 5.75 Å². The van der Waals surface area contributed by atoms with Crippen LogP contribution in [0.1, 0.15) is 45.1 Å². The van der Waals surface area contributed by atoms with Crippen LogP contribution >= 0.6 is 6.64 Å². The molecule has 2 atom stereocenters. The van der Waals surface area contributed by atoms with E-state index in [4.69, 9.17) is 25.6 Å². The Hall–Kier alpha value is -0.450. The smallest absolute Gasteiger partial charge is 0.316 e. The lowest BCUT2D eigenvalue weighted by atomic mass is 9.87. The second-order valence-electron chi connectivity index (χ2n) is 6.24. The van der Waals surface area contributed by atoms with Crippen LogP contribution in [0.3, 0.4) is 0 Å².